The first-order valence-electron chi connectivity index (χ1n) is 6.50. The van der Waals surface area contributed by atoms with Gasteiger partial charge < -0.3 is 15.3 Å². The molecule has 1 saturated carbocycles. The average molecular weight is 267 g/mol. The van der Waals surface area contributed by atoms with Gasteiger partial charge in [-0.25, -0.2) is 4.98 Å². The molecule has 3 rings (SSSR count). The highest BCUT2D eigenvalue weighted by Crippen LogP contribution is 2.43. The van der Waals surface area contributed by atoms with E-state index >= 15 is 0 Å². The van der Waals surface area contributed by atoms with Gasteiger partial charge in [-0.05, 0) is 25.8 Å². The van der Waals surface area contributed by atoms with Crippen LogP contribution in [0.3, 0.4) is 0 Å². The molecule has 1 aromatic rings. The predicted octanol–water partition coefficient (Wildman–Crippen LogP) is 3.21. The molecular formula is C13H17ClN3O-. The molecule has 0 amide bonds. The minimum Gasteiger partial charge on any atom is -0.655 e. The Balaban J connectivity index is 2.02. The van der Waals surface area contributed by atoms with Crippen molar-refractivity contribution in [3.63, 3.8) is 0 Å². The van der Waals surface area contributed by atoms with E-state index in [1.165, 1.54) is 12.8 Å². The van der Waals surface area contributed by atoms with Crippen molar-refractivity contribution >= 4 is 23.1 Å². The molecule has 2 atom stereocenters. The van der Waals surface area contributed by atoms with Gasteiger partial charge in [-0.3, -0.25) is 0 Å². The highest BCUT2D eigenvalue weighted by molar-refractivity contribution is 6.29. The van der Waals surface area contributed by atoms with Gasteiger partial charge in [0, 0.05) is 18.3 Å². The molecule has 0 spiro atoms. The summed E-state index contributed by atoms with van der Waals surface area (Å²) < 4.78 is 0. The Morgan fingerprint density at radius 2 is 2.11 bits per heavy atom. The fourth-order valence-electron chi connectivity index (χ4n) is 2.98. The van der Waals surface area contributed by atoms with Crippen LogP contribution in [0.15, 0.2) is 12.1 Å². The summed E-state index contributed by atoms with van der Waals surface area (Å²) >= 11 is 5.99. The van der Waals surface area contributed by atoms with Crippen molar-refractivity contribution in [3.8, 4) is 0 Å². The number of hydrogen-bond donors (Lipinski definition) is 1. The maximum absolute atomic E-state index is 10.1. The van der Waals surface area contributed by atoms with Crippen LogP contribution in [-0.4, -0.2) is 28.4 Å². The minimum atomic E-state index is -0.680. The molecule has 2 heterocycles. The van der Waals surface area contributed by atoms with Gasteiger partial charge in [0.1, 0.15) is 11.0 Å². The number of pyridine rings is 1. The molecule has 1 aliphatic heterocycles. The third-order valence-corrected chi connectivity index (χ3v) is 4.14. The first kappa shape index (κ1) is 12.1. The zero-order chi connectivity index (χ0) is 12.7. The Morgan fingerprint density at radius 3 is 2.83 bits per heavy atom. The SMILES string of the molecule is C[C@@H]1C(O)[N-]c2ccc(Cl)nc2N1C1CCCC1. The van der Waals surface area contributed by atoms with Gasteiger partial charge in [-0.2, -0.15) is 0 Å². The standard InChI is InChI=1S/C13H17ClN3O/c1-8-13(18)15-10-6-7-11(14)16-12(10)17(8)9-4-2-3-5-9/h6-9,13,18H,2-5H2,1H3/q-1/t8-,13?/m1/s1. The van der Waals surface area contributed by atoms with E-state index in [2.05, 4.69) is 15.2 Å². The number of rotatable bonds is 1. The Kier molecular flexibility index (Phi) is 3.08. The lowest BCUT2D eigenvalue weighted by molar-refractivity contribution is 0.176. The van der Waals surface area contributed by atoms with E-state index in [0.29, 0.717) is 11.2 Å². The highest BCUT2D eigenvalue weighted by atomic mass is 35.5. The highest BCUT2D eigenvalue weighted by Gasteiger charge is 2.31. The number of anilines is 1. The molecule has 1 unspecified atom stereocenters. The Bertz CT molecular complexity index is 448. The molecule has 1 aliphatic carbocycles. The van der Waals surface area contributed by atoms with Crippen LogP contribution >= 0.6 is 11.6 Å². The summed E-state index contributed by atoms with van der Waals surface area (Å²) in [6.07, 6.45) is 4.13. The van der Waals surface area contributed by atoms with E-state index in [1.807, 2.05) is 13.0 Å². The van der Waals surface area contributed by atoms with Crippen molar-refractivity contribution in [1.82, 2.24) is 4.98 Å². The van der Waals surface area contributed by atoms with Gasteiger partial charge in [0.25, 0.3) is 0 Å². The number of hydrogen-bond acceptors (Lipinski definition) is 3. The van der Waals surface area contributed by atoms with Crippen LogP contribution in [-0.2, 0) is 0 Å². The van der Waals surface area contributed by atoms with E-state index < -0.39 is 6.23 Å². The predicted molar refractivity (Wildman–Crippen MR) is 72.5 cm³/mol. The zero-order valence-electron chi connectivity index (χ0n) is 10.4. The Morgan fingerprint density at radius 1 is 1.39 bits per heavy atom. The zero-order valence-corrected chi connectivity index (χ0v) is 11.1. The number of fused-ring (bicyclic) bond motifs is 1. The van der Waals surface area contributed by atoms with E-state index in [9.17, 15) is 5.11 Å². The number of aliphatic hydroxyl groups is 1. The van der Waals surface area contributed by atoms with E-state index in [4.69, 9.17) is 11.6 Å². The van der Waals surface area contributed by atoms with Gasteiger partial charge in [0.15, 0.2) is 0 Å². The number of aliphatic hydroxyl groups excluding tert-OH is 1. The molecule has 0 saturated heterocycles. The second-order valence-electron chi connectivity index (χ2n) is 5.11. The fraction of sp³-hybridized carbons (Fsp3) is 0.615. The van der Waals surface area contributed by atoms with E-state index in [1.54, 1.807) is 6.07 Å². The fourth-order valence-corrected chi connectivity index (χ4v) is 3.13. The molecule has 18 heavy (non-hydrogen) atoms. The summed E-state index contributed by atoms with van der Waals surface area (Å²) in [4.78, 5) is 6.63. The third kappa shape index (κ3) is 1.93. The van der Waals surface area contributed by atoms with Crippen molar-refractivity contribution in [1.29, 1.82) is 0 Å². The molecule has 1 fully saturated rings. The van der Waals surface area contributed by atoms with E-state index in [0.717, 1.165) is 24.3 Å². The van der Waals surface area contributed by atoms with Crippen LogP contribution in [0.1, 0.15) is 32.6 Å². The summed E-state index contributed by atoms with van der Waals surface area (Å²) in [6, 6.07) is 3.97. The maximum Gasteiger partial charge on any atom is 0.131 e. The molecule has 2 aliphatic rings. The van der Waals surface area contributed by atoms with Crippen LogP contribution < -0.4 is 4.90 Å². The normalized spacial score (nSPS) is 28.1. The van der Waals surface area contributed by atoms with Crippen LogP contribution in [0.25, 0.3) is 5.32 Å². The molecule has 1 N–H and O–H groups in total. The summed E-state index contributed by atoms with van der Waals surface area (Å²) in [6.45, 7) is 2.00. The lowest BCUT2D eigenvalue weighted by Crippen LogP contribution is -2.49. The first-order chi connectivity index (χ1) is 8.66. The second-order valence-corrected chi connectivity index (χ2v) is 5.49. The molecule has 0 aromatic carbocycles. The number of nitrogens with zero attached hydrogens (tertiary/aromatic N) is 3. The van der Waals surface area contributed by atoms with Crippen molar-refractivity contribution in [2.24, 2.45) is 0 Å². The topological polar surface area (TPSA) is 50.5 Å². The van der Waals surface area contributed by atoms with Crippen LogP contribution in [0.5, 0.6) is 0 Å². The van der Waals surface area contributed by atoms with Crippen LogP contribution in [0.2, 0.25) is 5.15 Å². The van der Waals surface area contributed by atoms with Crippen molar-refractivity contribution < 1.29 is 5.11 Å². The van der Waals surface area contributed by atoms with E-state index in [-0.39, 0.29) is 6.04 Å². The Labute approximate surface area is 112 Å². The minimum absolute atomic E-state index is 0.0356. The van der Waals surface area contributed by atoms with Gasteiger partial charge in [-0.15, -0.1) is 0 Å². The summed E-state index contributed by atoms with van der Waals surface area (Å²) in [5.41, 5.74) is 0.747. The third-order valence-electron chi connectivity index (χ3n) is 3.92. The molecule has 0 bridgehead atoms. The average Bonchev–Trinajstić information content (AvgIpc) is 2.85. The summed E-state index contributed by atoms with van der Waals surface area (Å²) in [7, 11) is 0. The summed E-state index contributed by atoms with van der Waals surface area (Å²) in [5.74, 6) is 0.826. The smallest absolute Gasteiger partial charge is 0.131 e. The summed E-state index contributed by atoms with van der Waals surface area (Å²) in [5, 5.41) is 14.8. The molecular weight excluding hydrogens is 250 g/mol. The van der Waals surface area contributed by atoms with Gasteiger partial charge in [0.05, 0.1) is 0 Å². The molecule has 4 nitrogen and oxygen atoms in total. The number of aromatic nitrogens is 1. The quantitative estimate of drug-likeness (QED) is 0.794. The van der Waals surface area contributed by atoms with Crippen LogP contribution in [0, 0.1) is 0 Å². The molecule has 1 aromatic heterocycles. The van der Waals surface area contributed by atoms with Crippen molar-refractivity contribution in [3.05, 3.63) is 22.6 Å². The largest absolute Gasteiger partial charge is 0.655 e. The lowest BCUT2D eigenvalue weighted by atomic mass is 10.1. The van der Waals surface area contributed by atoms with Crippen molar-refractivity contribution in [2.75, 3.05) is 4.90 Å². The van der Waals surface area contributed by atoms with Gasteiger partial charge >= 0.3 is 0 Å². The second kappa shape index (κ2) is 4.59. The molecule has 0 radical (unpaired) electrons. The van der Waals surface area contributed by atoms with Gasteiger partial charge in [-0.1, -0.05) is 36.2 Å². The molecule has 98 valence electrons. The molecule has 5 heteroatoms. The number of halogens is 1. The monoisotopic (exact) mass is 266 g/mol. The maximum atomic E-state index is 10.1. The first-order valence-corrected chi connectivity index (χ1v) is 6.88. The Hall–Kier alpha value is -1.00. The van der Waals surface area contributed by atoms with Gasteiger partial charge in [0.2, 0.25) is 0 Å². The van der Waals surface area contributed by atoms with Crippen LogP contribution in [0.4, 0.5) is 11.5 Å². The lowest BCUT2D eigenvalue weighted by Gasteiger charge is -2.50. The van der Waals surface area contributed by atoms with Crippen molar-refractivity contribution in [2.45, 2.75) is 50.9 Å².